The highest BCUT2D eigenvalue weighted by atomic mass is 32.2. The molecule has 0 amide bonds. The van der Waals surface area contributed by atoms with Crippen molar-refractivity contribution in [2.45, 2.75) is 25.3 Å². The number of thioether (sulfide) groups is 1. The highest BCUT2D eigenvalue weighted by molar-refractivity contribution is 7.99. The highest BCUT2D eigenvalue weighted by Crippen LogP contribution is 2.36. The Kier molecular flexibility index (Phi) is 9.93. The van der Waals surface area contributed by atoms with Crippen LogP contribution in [0.15, 0.2) is 29.3 Å². The number of anilines is 1. The van der Waals surface area contributed by atoms with E-state index in [0.717, 1.165) is 0 Å². The van der Waals surface area contributed by atoms with Crippen molar-refractivity contribution in [3.05, 3.63) is 35.4 Å². The van der Waals surface area contributed by atoms with Crippen molar-refractivity contribution in [3.8, 4) is 35.1 Å². The number of aromatic nitrogens is 1. The number of ether oxygens (including phenoxy) is 1. The minimum atomic E-state index is -0.0942. The molecule has 2 rings (SSSR count). The van der Waals surface area contributed by atoms with Crippen LogP contribution in [0.4, 0.5) is 5.82 Å². The summed E-state index contributed by atoms with van der Waals surface area (Å²) in [4.78, 5) is 4.16. The van der Waals surface area contributed by atoms with Crippen LogP contribution >= 0.6 is 11.8 Å². The second kappa shape index (κ2) is 12.2. The van der Waals surface area contributed by atoms with Gasteiger partial charge in [0.1, 0.15) is 40.9 Å². The van der Waals surface area contributed by atoms with Gasteiger partial charge in [0.05, 0.1) is 18.2 Å². The van der Waals surface area contributed by atoms with Gasteiger partial charge in [0.15, 0.2) is 0 Å². The van der Waals surface area contributed by atoms with Gasteiger partial charge in [-0.1, -0.05) is 26.0 Å². The van der Waals surface area contributed by atoms with Crippen molar-refractivity contribution >= 4 is 17.6 Å². The first-order valence-corrected chi connectivity index (χ1v) is 9.62. The Morgan fingerprint density at radius 3 is 2.29 bits per heavy atom. The summed E-state index contributed by atoms with van der Waals surface area (Å²) in [5, 5.41) is 37.0. The monoisotopic (exact) mass is 395 g/mol. The minimum absolute atomic E-state index is 0.0431. The molecule has 1 aromatic heterocycles. The number of nitrogens with zero attached hydrogens (tertiary/aromatic N) is 4. The van der Waals surface area contributed by atoms with Crippen molar-refractivity contribution in [2.24, 2.45) is 0 Å². The van der Waals surface area contributed by atoms with Gasteiger partial charge in [-0.05, 0) is 17.7 Å². The lowest BCUT2D eigenvalue weighted by molar-refractivity contribution is 0.201. The Morgan fingerprint density at radius 2 is 1.75 bits per heavy atom. The van der Waals surface area contributed by atoms with Crippen LogP contribution in [-0.4, -0.2) is 29.1 Å². The lowest BCUT2D eigenvalue weighted by Crippen LogP contribution is -2.04. The van der Waals surface area contributed by atoms with Crippen molar-refractivity contribution in [1.82, 2.24) is 4.98 Å². The maximum absolute atomic E-state index is 9.63. The molecule has 3 N–H and O–H groups in total. The van der Waals surface area contributed by atoms with Crippen LogP contribution < -0.4 is 10.5 Å². The summed E-state index contributed by atoms with van der Waals surface area (Å²) in [6, 6.07) is 13.0. The smallest absolute Gasteiger partial charge is 0.143 e. The fraction of sp³-hybridized carbons (Fsp3) is 0.300. The third-order valence-corrected chi connectivity index (χ3v) is 4.35. The van der Waals surface area contributed by atoms with Gasteiger partial charge < -0.3 is 15.6 Å². The fourth-order valence-corrected chi connectivity index (χ4v) is 3.11. The van der Waals surface area contributed by atoms with Crippen LogP contribution in [0, 0.1) is 34.0 Å². The van der Waals surface area contributed by atoms with E-state index in [1.165, 1.54) is 11.8 Å². The van der Waals surface area contributed by atoms with Crippen LogP contribution in [0.5, 0.6) is 5.75 Å². The molecular weight excluding hydrogens is 374 g/mol. The molecule has 0 unspecified atom stereocenters. The maximum Gasteiger partial charge on any atom is 0.143 e. The fourth-order valence-electron chi connectivity index (χ4n) is 2.27. The van der Waals surface area contributed by atoms with E-state index in [1.54, 1.807) is 24.3 Å². The largest absolute Gasteiger partial charge is 0.491 e. The summed E-state index contributed by atoms with van der Waals surface area (Å²) in [7, 11) is 0. The average molecular weight is 395 g/mol. The zero-order valence-electron chi connectivity index (χ0n) is 15.8. The van der Waals surface area contributed by atoms with Crippen molar-refractivity contribution < 1.29 is 9.84 Å². The summed E-state index contributed by atoms with van der Waals surface area (Å²) in [5.74, 6) is 1.07. The average Bonchev–Trinajstić information content (AvgIpc) is 2.74. The highest BCUT2D eigenvalue weighted by Gasteiger charge is 2.20. The molecule has 0 aliphatic heterocycles. The molecule has 0 spiro atoms. The number of aliphatic hydroxyl groups is 1. The molecule has 144 valence electrons. The van der Waals surface area contributed by atoms with E-state index in [1.807, 2.05) is 26.0 Å². The quantitative estimate of drug-likeness (QED) is 0.536. The minimum Gasteiger partial charge on any atom is -0.491 e. The Hall–Kier alpha value is -3.25. The van der Waals surface area contributed by atoms with E-state index in [2.05, 4.69) is 11.1 Å². The van der Waals surface area contributed by atoms with E-state index >= 15 is 0 Å². The zero-order valence-corrected chi connectivity index (χ0v) is 16.6. The number of nitriles is 3. The summed E-state index contributed by atoms with van der Waals surface area (Å²) in [6.45, 7) is 4.08. The molecule has 0 aliphatic rings. The molecule has 7 nitrogen and oxygen atoms in total. The number of benzene rings is 1. The zero-order chi connectivity index (χ0) is 20.9. The standard InChI is InChI=1S/C18H15N5O2S.C2H6/c19-6-1-9-26-18-15(11-21)16(14(10-20)17(22)23-18)12-2-4-13(5-3-12)25-8-7-24;1-2/h2-5,24H,1,7-9H2,(H2,22,23);1-2H3. The van der Waals surface area contributed by atoms with Gasteiger partial charge >= 0.3 is 0 Å². The maximum atomic E-state index is 9.63. The van der Waals surface area contributed by atoms with Gasteiger partial charge in [0.25, 0.3) is 0 Å². The summed E-state index contributed by atoms with van der Waals surface area (Å²) in [6.07, 6.45) is 0.309. The number of aliphatic hydroxyl groups excluding tert-OH is 1. The number of pyridine rings is 1. The van der Waals surface area contributed by atoms with Crippen LogP contribution in [0.3, 0.4) is 0 Å². The number of nitrogen functional groups attached to an aromatic ring is 1. The van der Waals surface area contributed by atoms with Crippen LogP contribution in [0.2, 0.25) is 0 Å². The Balaban J connectivity index is 0.00000190. The number of rotatable bonds is 7. The molecule has 1 aromatic carbocycles. The Labute approximate surface area is 169 Å². The predicted octanol–water partition coefficient (Wildman–Crippen LogP) is 3.48. The molecule has 0 radical (unpaired) electrons. The van der Waals surface area contributed by atoms with Crippen LogP contribution in [-0.2, 0) is 0 Å². The van der Waals surface area contributed by atoms with Gasteiger partial charge in [-0.15, -0.1) is 11.8 Å². The first-order valence-electron chi connectivity index (χ1n) is 8.63. The second-order valence-electron chi connectivity index (χ2n) is 5.00. The third-order valence-electron chi connectivity index (χ3n) is 3.37. The Morgan fingerprint density at radius 1 is 1.11 bits per heavy atom. The summed E-state index contributed by atoms with van der Waals surface area (Å²) < 4.78 is 5.32. The lowest BCUT2D eigenvalue weighted by Gasteiger charge is -2.13. The molecule has 0 saturated heterocycles. The van der Waals surface area contributed by atoms with Crippen LogP contribution in [0.25, 0.3) is 11.1 Å². The Bertz CT molecular complexity index is 909. The van der Waals surface area contributed by atoms with Gasteiger partial charge in [-0.25, -0.2) is 4.98 Å². The van der Waals surface area contributed by atoms with E-state index in [9.17, 15) is 10.5 Å². The van der Waals surface area contributed by atoms with E-state index in [0.29, 0.717) is 34.1 Å². The molecule has 0 atom stereocenters. The van der Waals surface area contributed by atoms with E-state index in [-0.39, 0.29) is 30.2 Å². The number of hydrogen-bond donors (Lipinski definition) is 2. The van der Waals surface area contributed by atoms with Gasteiger partial charge in [-0.2, -0.15) is 15.8 Å². The summed E-state index contributed by atoms with van der Waals surface area (Å²) >= 11 is 1.25. The van der Waals surface area contributed by atoms with Gasteiger partial charge in [0.2, 0.25) is 0 Å². The van der Waals surface area contributed by atoms with E-state index < -0.39 is 0 Å². The van der Waals surface area contributed by atoms with Crippen molar-refractivity contribution in [1.29, 1.82) is 15.8 Å². The van der Waals surface area contributed by atoms with Crippen LogP contribution in [0.1, 0.15) is 31.4 Å². The summed E-state index contributed by atoms with van der Waals surface area (Å²) in [5.41, 5.74) is 7.35. The predicted molar refractivity (Wildman–Crippen MR) is 108 cm³/mol. The normalized spacial score (nSPS) is 9.29. The van der Waals surface area contributed by atoms with Gasteiger partial charge in [-0.3, -0.25) is 0 Å². The molecule has 0 bridgehead atoms. The lowest BCUT2D eigenvalue weighted by atomic mass is 9.97. The molecule has 0 saturated carbocycles. The second-order valence-corrected chi connectivity index (χ2v) is 6.09. The molecule has 28 heavy (non-hydrogen) atoms. The first-order chi connectivity index (χ1) is 13.7. The molecule has 0 fully saturated rings. The molecule has 8 heteroatoms. The third kappa shape index (κ3) is 5.62. The van der Waals surface area contributed by atoms with Gasteiger partial charge in [0, 0.05) is 17.7 Å². The topological polar surface area (TPSA) is 140 Å². The first kappa shape index (κ1) is 22.8. The van der Waals surface area contributed by atoms with Crippen molar-refractivity contribution in [3.63, 3.8) is 0 Å². The van der Waals surface area contributed by atoms with Crippen molar-refractivity contribution in [2.75, 3.05) is 24.7 Å². The number of hydrogen-bond acceptors (Lipinski definition) is 8. The number of nitrogens with two attached hydrogens (primary N) is 1. The molecule has 1 heterocycles. The molecular formula is C20H21N5O2S. The molecule has 2 aromatic rings. The molecule has 0 aliphatic carbocycles. The SMILES string of the molecule is CC.N#CCCSc1nc(N)c(C#N)c(-c2ccc(OCCO)cc2)c1C#N. The van der Waals surface area contributed by atoms with E-state index in [4.69, 9.17) is 20.8 Å².